The summed E-state index contributed by atoms with van der Waals surface area (Å²) in [5.41, 5.74) is 1.22. The molecule has 2 aromatic heterocycles. The summed E-state index contributed by atoms with van der Waals surface area (Å²) in [6.07, 6.45) is -0.714. The zero-order valence-electron chi connectivity index (χ0n) is 18.4. The lowest BCUT2D eigenvalue weighted by Gasteiger charge is -2.38. The molecule has 1 aliphatic carbocycles. The van der Waals surface area contributed by atoms with Crippen LogP contribution in [0.15, 0.2) is 47.5 Å². The summed E-state index contributed by atoms with van der Waals surface area (Å²) in [5, 5.41) is 14.2. The first kappa shape index (κ1) is 28.9. The zero-order valence-corrected chi connectivity index (χ0v) is 18.4. The van der Waals surface area contributed by atoms with Gasteiger partial charge < -0.3 is 24.1 Å². The van der Waals surface area contributed by atoms with E-state index in [1.807, 2.05) is 24.5 Å². The number of alkyl halides is 6. The minimum absolute atomic E-state index is 0.112. The van der Waals surface area contributed by atoms with Gasteiger partial charge in [-0.3, -0.25) is 9.88 Å². The molecule has 9 nitrogen and oxygen atoms in total. The van der Waals surface area contributed by atoms with E-state index in [0.717, 1.165) is 38.3 Å². The normalized spacial score (nSPS) is 21.8. The number of carboxylic acids is 2. The summed E-state index contributed by atoms with van der Waals surface area (Å²) in [4.78, 5) is 24.4. The van der Waals surface area contributed by atoms with Gasteiger partial charge in [-0.15, -0.1) is 0 Å². The van der Waals surface area contributed by atoms with Gasteiger partial charge in [0.2, 0.25) is 0 Å². The van der Waals surface area contributed by atoms with Gasteiger partial charge in [0.25, 0.3) is 0 Å². The van der Waals surface area contributed by atoms with E-state index >= 15 is 0 Å². The molecule has 1 saturated carbocycles. The third-order valence-corrected chi connectivity index (χ3v) is 5.02. The largest absolute Gasteiger partial charge is 0.490 e. The molecular formula is C21H22F6N2O7. The van der Waals surface area contributed by atoms with Crippen LogP contribution in [0.2, 0.25) is 0 Å². The van der Waals surface area contributed by atoms with Crippen molar-refractivity contribution in [1.82, 2.24) is 9.88 Å². The average molecular weight is 528 g/mol. The average Bonchev–Trinajstić information content (AvgIpc) is 3.45. The summed E-state index contributed by atoms with van der Waals surface area (Å²) < 4.78 is 80.8. The predicted molar refractivity (Wildman–Crippen MR) is 108 cm³/mol. The van der Waals surface area contributed by atoms with Gasteiger partial charge in [-0.25, -0.2) is 9.59 Å². The van der Waals surface area contributed by atoms with Crippen LogP contribution in [0, 0.1) is 0 Å². The first-order valence-corrected chi connectivity index (χ1v) is 10.3. The van der Waals surface area contributed by atoms with Crippen LogP contribution in [-0.4, -0.2) is 75.8 Å². The predicted octanol–water partition coefficient (Wildman–Crippen LogP) is 3.75. The Balaban J connectivity index is 0.000000271. The number of aromatic nitrogens is 1. The summed E-state index contributed by atoms with van der Waals surface area (Å²) in [7, 11) is 0. The summed E-state index contributed by atoms with van der Waals surface area (Å²) in [6, 6.07) is 6.30. The van der Waals surface area contributed by atoms with Crippen LogP contribution in [0.1, 0.15) is 18.4 Å². The van der Waals surface area contributed by atoms with E-state index < -0.39 is 24.3 Å². The number of ether oxygens (including phenoxy) is 2. The highest BCUT2D eigenvalue weighted by Gasteiger charge is 2.44. The SMILES string of the molecule is O=C(O)C(F)(F)F.O=C(O)C(F)(F)F.c1cncc(O[C@H]2CC[C@H]3[C@H]2OCCN3Cc2ccoc2)c1. The van der Waals surface area contributed by atoms with E-state index in [2.05, 4.69) is 9.88 Å². The summed E-state index contributed by atoms with van der Waals surface area (Å²) in [5.74, 6) is -4.69. The van der Waals surface area contributed by atoms with Crippen molar-refractivity contribution in [2.75, 3.05) is 13.2 Å². The molecule has 15 heteroatoms. The standard InChI is InChI=1S/C17H20N2O3.2C2HF3O2/c1-2-14(10-18-6-1)22-16-4-3-15-17(16)21-9-7-19(15)11-13-5-8-20-12-13;2*3-2(4,5)1(6)7/h1-2,5-6,8,10,12,15-17H,3-4,7,9,11H2;2*(H,6,7)/t15-,16-,17+;;/m0../s1. The van der Waals surface area contributed by atoms with Crippen LogP contribution in [0.3, 0.4) is 0 Å². The maximum atomic E-state index is 10.6. The van der Waals surface area contributed by atoms with Crippen molar-refractivity contribution in [1.29, 1.82) is 0 Å². The second kappa shape index (κ2) is 12.6. The lowest BCUT2D eigenvalue weighted by Crippen LogP contribution is -2.51. The Morgan fingerprint density at radius 1 is 1.08 bits per heavy atom. The second-order valence-electron chi connectivity index (χ2n) is 7.53. The zero-order chi connectivity index (χ0) is 26.9. The fraction of sp³-hybridized carbons (Fsp3) is 0.476. The molecule has 0 spiro atoms. The van der Waals surface area contributed by atoms with E-state index in [-0.39, 0.29) is 12.2 Å². The van der Waals surface area contributed by atoms with Gasteiger partial charge >= 0.3 is 24.3 Å². The maximum Gasteiger partial charge on any atom is 0.490 e. The highest BCUT2D eigenvalue weighted by Crippen LogP contribution is 2.33. The van der Waals surface area contributed by atoms with Crippen molar-refractivity contribution < 1.29 is 60.0 Å². The van der Waals surface area contributed by atoms with Gasteiger partial charge in [0.05, 0.1) is 25.3 Å². The van der Waals surface area contributed by atoms with Gasteiger partial charge in [-0.2, -0.15) is 26.3 Å². The fourth-order valence-electron chi connectivity index (χ4n) is 3.52. The van der Waals surface area contributed by atoms with Crippen molar-refractivity contribution >= 4 is 11.9 Å². The molecule has 2 aromatic rings. The minimum atomic E-state index is -5.08. The minimum Gasteiger partial charge on any atom is -0.486 e. The molecule has 2 aliphatic rings. The molecule has 2 N–H and O–H groups in total. The molecule has 3 heterocycles. The van der Waals surface area contributed by atoms with Crippen molar-refractivity contribution in [3.8, 4) is 5.75 Å². The molecule has 0 unspecified atom stereocenters. The quantitative estimate of drug-likeness (QED) is 0.572. The Bertz CT molecular complexity index is 930. The van der Waals surface area contributed by atoms with E-state index in [9.17, 15) is 26.3 Å². The van der Waals surface area contributed by atoms with Crippen LogP contribution in [0.25, 0.3) is 0 Å². The first-order chi connectivity index (χ1) is 16.8. The van der Waals surface area contributed by atoms with Gasteiger partial charge in [-0.05, 0) is 31.0 Å². The number of carboxylic acid groups (broad SMARTS) is 2. The third kappa shape index (κ3) is 9.03. The van der Waals surface area contributed by atoms with Crippen molar-refractivity contribution in [3.05, 3.63) is 48.7 Å². The van der Waals surface area contributed by atoms with Crippen molar-refractivity contribution in [2.45, 2.75) is 50.0 Å². The van der Waals surface area contributed by atoms with Gasteiger partial charge in [0.15, 0.2) is 0 Å². The van der Waals surface area contributed by atoms with Crippen molar-refractivity contribution in [2.24, 2.45) is 0 Å². The highest BCUT2D eigenvalue weighted by atomic mass is 19.4. The number of furan rings is 1. The number of fused-ring (bicyclic) bond motifs is 1. The molecule has 1 aliphatic heterocycles. The van der Waals surface area contributed by atoms with Crippen LogP contribution < -0.4 is 4.74 Å². The van der Waals surface area contributed by atoms with E-state index in [1.54, 1.807) is 18.7 Å². The number of hydrogen-bond acceptors (Lipinski definition) is 7. The molecule has 4 rings (SSSR count). The molecule has 1 saturated heterocycles. The van der Waals surface area contributed by atoms with Crippen LogP contribution in [-0.2, 0) is 20.9 Å². The number of halogens is 6. The van der Waals surface area contributed by atoms with E-state index in [0.29, 0.717) is 6.04 Å². The number of aliphatic carboxylic acids is 2. The van der Waals surface area contributed by atoms with Crippen LogP contribution in [0.5, 0.6) is 5.75 Å². The van der Waals surface area contributed by atoms with Gasteiger partial charge in [0.1, 0.15) is 18.0 Å². The highest BCUT2D eigenvalue weighted by molar-refractivity contribution is 5.73. The molecular weight excluding hydrogens is 506 g/mol. The Hall–Kier alpha value is -3.33. The fourth-order valence-corrected chi connectivity index (χ4v) is 3.52. The topological polar surface area (TPSA) is 122 Å². The third-order valence-electron chi connectivity index (χ3n) is 5.02. The molecule has 3 atom stereocenters. The number of morpholine rings is 1. The van der Waals surface area contributed by atoms with Crippen LogP contribution in [0.4, 0.5) is 26.3 Å². The Labute approximate surface area is 200 Å². The molecule has 0 amide bonds. The molecule has 0 aromatic carbocycles. The molecule has 200 valence electrons. The Morgan fingerprint density at radius 3 is 2.22 bits per heavy atom. The number of carbonyl (C=O) groups is 2. The van der Waals surface area contributed by atoms with E-state index in [4.69, 9.17) is 33.7 Å². The summed E-state index contributed by atoms with van der Waals surface area (Å²) in [6.45, 7) is 2.64. The lowest BCUT2D eigenvalue weighted by molar-refractivity contribution is -0.193. The molecule has 0 radical (unpaired) electrons. The Kier molecular flexibility index (Phi) is 10.1. The number of hydrogen-bond donors (Lipinski definition) is 2. The Morgan fingerprint density at radius 2 is 1.72 bits per heavy atom. The first-order valence-electron chi connectivity index (χ1n) is 10.3. The smallest absolute Gasteiger partial charge is 0.486 e. The van der Waals surface area contributed by atoms with Crippen LogP contribution >= 0.6 is 0 Å². The number of rotatable bonds is 4. The molecule has 36 heavy (non-hydrogen) atoms. The lowest BCUT2D eigenvalue weighted by atomic mass is 10.1. The van der Waals surface area contributed by atoms with Crippen molar-refractivity contribution in [3.63, 3.8) is 0 Å². The monoisotopic (exact) mass is 528 g/mol. The maximum absolute atomic E-state index is 10.6. The van der Waals surface area contributed by atoms with Gasteiger partial charge in [-0.1, -0.05) is 0 Å². The van der Waals surface area contributed by atoms with E-state index in [1.165, 1.54) is 5.56 Å². The molecule has 2 fully saturated rings. The molecule has 0 bridgehead atoms. The number of pyridine rings is 1. The van der Waals surface area contributed by atoms with Gasteiger partial charge in [0, 0.05) is 30.9 Å². The second-order valence-corrected chi connectivity index (χ2v) is 7.53. The number of nitrogens with zero attached hydrogens (tertiary/aromatic N) is 2. The summed E-state index contributed by atoms with van der Waals surface area (Å²) >= 11 is 0.